The molecule has 2 N–H and O–H groups in total. The number of hydrogen-bond donors (Lipinski definition) is 1. The second-order valence-electron chi connectivity index (χ2n) is 7.20. The first-order chi connectivity index (χ1) is 9.49. The van der Waals surface area contributed by atoms with Crippen LogP contribution in [-0.2, 0) is 0 Å². The molecule has 0 aromatic carbocycles. The maximum absolute atomic E-state index is 6.19. The second kappa shape index (κ2) is 6.79. The highest BCUT2D eigenvalue weighted by Gasteiger charge is 2.28. The molecule has 4 nitrogen and oxygen atoms in total. The molecule has 0 aromatic heterocycles. The standard InChI is InChI=1S/C16H32N4/c1-14-7-11-19(12-8-14)15(17)18-13-16(2,3)20-9-5-4-6-10-20/h14H,4-13H2,1-3H3,(H2,17,18). The van der Waals surface area contributed by atoms with Crippen molar-refractivity contribution in [2.75, 3.05) is 32.7 Å². The number of hydrogen-bond acceptors (Lipinski definition) is 2. The van der Waals surface area contributed by atoms with Gasteiger partial charge in [0.25, 0.3) is 0 Å². The zero-order valence-corrected chi connectivity index (χ0v) is 13.6. The van der Waals surface area contributed by atoms with Gasteiger partial charge in [-0.1, -0.05) is 13.3 Å². The Morgan fingerprint density at radius 2 is 1.70 bits per heavy atom. The summed E-state index contributed by atoms with van der Waals surface area (Å²) in [5.74, 6) is 1.59. The van der Waals surface area contributed by atoms with Gasteiger partial charge in [-0.2, -0.15) is 0 Å². The highest BCUT2D eigenvalue weighted by Crippen LogP contribution is 2.21. The van der Waals surface area contributed by atoms with Gasteiger partial charge in [-0.25, -0.2) is 0 Å². The van der Waals surface area contributed by atoms with E-state index in [1.807, 2.05) is 0 Å². The third-order valence-corrected chi connectivity index (χ3v) is 4.95. The van der Waals surface area contributed by atoms with Crippen molar-refractivity contribution >= 4 is 5.96 Å². The van der Waals surface area contributed by atoms with Gasteiger partial charge in [0.2, 0.25) is 0 Å². The zero-order valence-electron chi connectivity index (χ0n) is 13.6. The van der Waals surface area contributed by atoms with Crippen molar-refractivity contribution in [3.8, 4) is 0 Å². The average molecular weight is 280 g/mol. The molecule has 0 saturated carbocycles. The third kappa shape index (κ3) is 4.11. The summed E-state index contributed by atoms with van der Waals surface area (Å²) in [6.07, 6.45) is 6.51. The van der Waals surface area contributed by atoms with Crippen molar-refractivity contribution < 1.29 is 0 Å². The molecule has 0 aromatic rings. The van der Waals surface area contributed by atoms with Gasteiger partial charge in [-0.15, -0.1) is 0 Å². The Morgan fingerprint density at radius 3 is 2.30 bits per heavy atom. The molecule has 4 heteroatoms. The fraction of sp³-hybridized carbons (Fsp3) is 0.938. The predicted molar refractivity (Wildman–Crippen MR) is 86.0 cm³/mol. The summed E-state index contributed by atoms with van der Waals surface area (Å²) >= 11 is 0. The lowest BCUT2D eigenvalue weighted by Gasteiger charge is -2.40. The van der Waals surface area contributed by atoms with Crippen LogP contribution >= 0.6 is 0 Å². The van der Waals surface area contributed by atoms with Gasteiger partial charge in [-0.05, 0) is 58.5 Å². The fourth-order valence-corrected chi connectivity index (χ4v) is 3.21. The Morgan fingerprint density at radius 1 is 1.10 bits per heavy atom. The summed E-state index contributed by atoms with van der Waals surface area (Å²) in [4.78, 5) is 9.53. The van der Waals surface area contributed by atoms with Crippen molar-refractivity contribution in [1.29, 1.82) is 0 Å². The zero-order chi connectivity index (χ0) is 14.6. The Kier molecular flexibility index (Phi) is 5.30. The molecule has 0 amide bonds. The van der Waals surface area contributed by atoms with Crippen LogP contribution in [0.3, 0.4) is 0 Å². The Bertz CT molecular complexity index is 323. The van der Waals surface area contributed by atoms with E-state index in [-0.39, 0.29) is 5.54 Å². The monoisotopic (exact) mass is 280 g/mol. The first-order valence-electron chi connectivity index (χ1n) is 8.29. The molecular weight excluding hydrogens is 248 g/mol. The number of piperidine rings is 2. The quantitative estimate of drug-likeness (QED) is 0.637. The second-order valence-corrected chi connectivity index (χ2v) is 7.20. The highest BCUT2D eigenvalue weighted by atomic mass is 15.3. The first kappa shape index (κ1) is 15.6. The van der Waals surface area contributed by atoms with Gasteiger partial charge in [0.1, 0.15) is 0 Å². The minimum absolute atomic E-state index is 0.133. The molecule has 2 aliphatic rings. The summed E-state index contributed by atoms with van der Waals surface area (Å²) in [5, 5.41) is 0. The summed E-state index contributed by atoms with van der Waals surface area (Å²) in [7, 11) is 0. The largest absolute Gasteiger partial charge is 0.370 e. The van der Waals surface area contributed by atoms with Gasteiger partial charge in [0.15, 0.2) is 5.96 Å². The van der Waals surface area contributed by atoms with Gasteiger partial charge in [0.05, 0.1) is 6.54 Å². The number of rotatable bonds is 3. The van der Waals surface area contributed by atoms with Crippen LogP contribution in [0.4, 0.5) is 0 Å². The fourth-order valence-electron chi connectivity index (χ4n) is 3.21. The van der Waals surface area contributed by atoms with Crippen LogP contribution in [0.15, 0.2) is 4.99 Å². The van der Waals surface area contributed by atoms with Crippen molar-refractivity contribution in [1.82, 2.24) is 9.80 Å². The Hall–Kier alpha value is -0.770. The molecule has 2 fully saturated rings. The normalized spacial score (nSPS) is 24.1. The summed E-state index contributed by atoms with van der Waals surface area (Å²) < 4.78 is 0. The smallest absolute Gasteiger partial charge is 0.191 e. The van der Waals surface area contributed by atoms with E-state index in [1.165, 1.54) is 45.2 Å². The van der Waals surface area contributed by atoms with Gasteiger partial charge in [-0.3, -0.25) is 9.89 Å². The van der Waals surface area contributed by atoms with Gasteiger partial charge in [0, 0.05) is 18.6 Å². The van der Waals surface area contributed by atoms with Crippen molar-refractivity contribution in [2.45, 2.75) is 58.4 Å². The molecule has 0 aliphatic carbocycles. The highest BCUT2D eigenvalue weighted by molar-refractivity contribution is 5.78. The van der Waals surface area contributed by atoms with Crippen molar-refractivity contribution in [3.63, 3.8) is 0 Å². The van der Waals surface area contributed by atoms with E-state index < -0.39 is 0 Å². The molecule has 20 heavy (non-hydrogen) atoms. The number of likely N-dealkylation sites (tertiary alicyclic amines) is 2. The van der Waals surface area contributed by atoms with Crippen LogP contribution in [0, 0.1) is 5.92 Å². The van der Waals surface area contributed by atoms with Gasteiger partial charge >= 0.3 is 0 Å². The van der Waals surface area contributed by atoms with E-state index in [0.717, 1.165) is 31.5 Å². The molecule has 0 unspecified atom stereocenters. The number of nitrogens with zero attached hydrogens (tertiary/aromatic N) is 3. The Labute approximate surface area is 124 Å². The molecule has 0 spiro atoms. The van der Waals surface area contributed by atoms with Crippen molar-refractivity contribution in [3.05, 3.63) is 0 Å². The molecule has 2 rings (SSSR count). The van der Waals surface area contributed by atoms with E-state index in [1.54, 1.807) is 0 Å². The summed E-state index contributed by atoms with van der Waals surface area (Å²) in [6.45, 7) is 12.3. The lowest BCUT2D eigenvalue weighted by atomic mass is 9.98. The topological polar surface area (TPSA) is 44.9 Å². The number of aliphatic imine (C=N–C) groups is 1. The summed E-state index contributed by atoms with van der Waals surface area (Å²) in [5.41, 5.74) is 6.32. The molecule has 116 valence electrons. The maximum Gasteiger partial charge on any atom is 0.191 e. The van der Waals surface area contributed by atoms with E-state index in [0.29, 0.717) is 0 Å². The van der Waals surface area contributed by atoms with Crippen LogP contribution in [0.2, 0.25) is 0 Å². The minimum Gasteiger partial charge on any atom is -0.370 e. The SMILES string of the molecule is CC1CCN(C(N)=NCC(C)(C)N2CCCCC2)CC1. The third-order valence-electron chi connectivity index (χ3n) is 4.95. The van der Waals surface area contributed by atoms with Crippen LogP contribution in [-0.4, -0.2) is 54.0 Å². The average Bonchev–Trinajstić information content (AvgIpc) is 2.46. The van der Waals surface area contributed by atoms with E-state index in [4.69, 9.17) is 10.7 Å². The predicted octanol–water partition coefficient (Wildman–Crippen LogP) is 2.30. The molecule has 2 aliphatic heterocycles. The summed E-state index contributed by atoms with van der Waals surface area (Å²) in [6, 6.07) is 0. The van der Waals surface area contributed by atoms with Gasteiger partial charge < -0.3 is 10.6 Å². The minimum atomic E-state index is 0.133. The van der Waals surface area contributed by atoms with E-state index in [9.17, 15) is 0 Å². The van der Waals surface area contributed by atoms with Crippen LogP contribution < -0.4 is 5.73 Å². The van der Waals surface area contributed by atoms with Crippen LogP contribution in [0.5, 0.6) is 0 Å². The van der Waals surface area contributed by atoms with Crippen LogP contribution in [0.25, 0.3) is 0 Å². The van der Waals surface area contributed by atoms with Crippen molar-refractivity contribution in [2.24, 2.45) is 16.6 Å². The molecule has 0 bridgehead atoms. The maximum atomic E-state index is 6.19. The molecule has 2 heterocycles. The van der Waals surface area contributed by atoms with E-state index in [2.05, 4.69) is 30.6 Å². The number of guanidine groups is 1. The molecule has 2 saturated heterocycles. The van der Waals surface area contributed by atoms with Crippen LogP contribution in [0.1, 0.15) is 52.9 Å². The lowest BCUT2D eigenvalue weighted by Crippen LogP contribution is -2.50. The number of nitrogens with two attached hydrogens (primary N) is 1. The molecule has 0 atom stereocenters. The molecular formula is C16H32N4. The van der Waals surface area contributed by atoms with E-state index >= 15 is 0 Å². The first-order valence-corrected chi connectivity index (χ1v) is 8.29. The molecule has 0 radical (unpaired) electrons. The Balaban J connectivity index is 1.86. The lowest BCUT2D eigenvalue weighted by molar-refractivity contribution is 0.102.